The minimum absolute atomic E-state index is 0.576. The van der Waals surface area contributed by atoms with Crippen molar-refractivity contribution < 1.29 is 0 Å². The molecule has 0 saturated heterocycles. The number of alkyl halides is 1. The van der Waals surface area contributed by atoms with Gasteiger partial charge in [0, 0.05) is 24.9 Å². The van der Waals surface area contributed by atoms with E-state index in [1.165, 1.54) is 0 Å². The largest absolute Gasteiger partial charge is 0.293 e. The van der Waals surface area contributed by atoms with Gasteiger partial charge in [-0.05, 0) is 19.2 Å². The van der Waals surface area contributed by atoms with E-state index >= 15 is 0 Å². The minimum atomic E-state index is 0.576. The van der Waals surface area contributed by atoms with E-state index in [0.29, 0.717) is 6.00 Å². The highest BCUT2D eigenvalue weighted by atomic mass is 35.5. The van der Waals surface area contributed by atoms with Crippen LogP contribution in [0.25, 0.3) is 0 Å². The molecule has 0 spiro atoms. The van der Waals surface area contributed by atoms with Gasteiger partial charge in [0.15, 0.2) is 0 Å². The van der Waals surface area contributed by atoms with Gasteiger partial charge in [0.2, 0.25) is 0 Å². The molecule has 0 aliphatic heterocycles. The molecule has 0 bridgehead atoms. The smallest absolute Gasteiger partial charge is 0.0736 e. The Kier molecular flexibility index (Phi) is 4.05. The van der Waals surface area contributed by atoms with Gasteiger partial charge in [-0.3, -0.25) is 9.88 Å². The molecule has 0 aromatic carbocycles. The van der Waals surface area contributed by atoms with E-state index in [4.69, 9.17) is 11.6 Å². The number of aromatic nitrogens is 1. The first-order valence-corrected chi connectivity index (χ1v) is 4.51. The summed E-state index contributed by atoms with van der Waals surface area (Å²) in [6.07, 6.45) is 2.78. The average Bonchev–Trinajstić information content (AvgIpc) is 2.16. The van der Waals surface area contributed by atoms with Crippen LogP contribution in [-0.4, -0.2) is 29.5 Å². The van der Waals surface area contributed by atoms with E-state index in [0.717, 1.165) is 18.7 Å². The fourth-order valence-corrected chi connectivity index (χ4v) is 1.03. The monoisotopic (exact) mass is 184 g/mol. The molecule has 0 saturated carbocycles. The van der Waals surface area contributed by atoms with Gasteiger partial charge in [0.25, 0.3) is 0 Å². The van der Waals surface area contributed by atoms with E-state index < -0.39 is 0 Å². The van der Waals surface area contributed by atoms with Crippen LogP contribution in [0.3, 0.4) is 0 Å². The van der Waals surface area contributed by atoms with E-state index in [1.807, 2.05) is 31.4 Å². The third-order valence-electron chi connectivity index (χ3n) is 1.68. The highest BCUT2D eigenvalue weighted by molar-refractivity contribution is 6.17. The van der Waals surface area contributed by atoms with Crippen LogP contribution < -0.4 is 0 Å². The molecule has 1 rings (SSSR count). The van der Waals surface area contributed by atoms with Crippen LogP contribution in [0.5, 0.6) is 0 Å². The molecule has 0 radical (unpaired) electrons. The maximum Gasteiger partial charge on any atom is 0.0736 e. The van der Waals surface area contributed by atoms with Gasteiger partial charge in [0.05, 0.1) is 6.00 Å². The van der Waals surface area contributed by atoms with Gasteiger partial charge in [-0.25, -0.2) is 0 Å². The second-order valence-corrected chi connectivity index (χ2v) is 3.01. The van der Waals surface area contributed by atoms with Crippen molar-refractivity contribution in [1.82, 2.24) is 9.88 Å². The summed E-state index contributed by atoms with van der Waals surface area (Å²) in [5.74, 6) is 0. The lowest BCUT2D eigenvalue weighted by Crippen LogP contribution is -2.19. The standard InChI is InChI=1S/C9H13ClN2/c1-12(8-10)7-5-9-4-2-3-6-11-9/h2-4,6H,5,7-8H2,1H3. The molecule has 0 aliphatic rings. The summed E-state index contributed by atoms with van der Waals surface area (Å²) in [4.78, 5) is 6.27. The van der Waals surface area contributed by atoms with Crippen molar-refractivity contribution in [3.63, 3.8) is 0 Å². The predicted octanol–water partition coefficient (Wildman–Crippen LogP) is 1.75. The Hall–Kier alpha value is -0.600. The molecule has 0 amide bonds. The van der Waals surface area contributed by atoms with Gasteiger partial charge < -0.3 is 0 Å². The molecule has 0 N–H and O–H groups in total. The van der Waals surface area contributed by atoms with Crippen molar-refractivity contribution in [2.45, 2.75) is 6.42 Å². The molecule has 2 nitrogen and oxygen atoms in total. The fourth-order valence-electron chi connectivity index (χ4n) is 0.911. The number of nitrogens with zero attached hydrogens (tertiary/aromatic N) is 2. The number of rotatable bonds is 4. The number of halogens is 1. The normalized spacial score (nSPS) is 10.6. The van der Waals surface area contributed by atoms with Crippen molar-refractivity contribution in [3.05, 3.63) is 30.1 Å². The van der Waals surface area contributed by atoms with Crippen LogP contribution in [0.15, 0.2) is 24.4 Å². The van der Waals surface area contributed by atoms with E-state index in [9.17, 15) is 0 Å². The Labute approximate surface area is 78.2 Å². The lowest BCUT2D eigenvalue weighted by atomic mass is 10.3. The molecule has 0 fully saturated rings. The van der Waals surface area contributed by atoms with Crippen molar-refractivity contribution in [3.8, 4) is 0 Å². The molecular formula is C9H13ClN2. The highest BCUT2D eigenvalue weighted by Crippen LogP contribution is 1.96. The Morgan fingerprint density at radius 3 is 2.92 bits per heavy atom. The molecule has 1 aromatic rings. The van der Waals surface area contributed by atoms with Crippen LogP contribution in [0.4, 0.5) is 0 Å². The van der Waals surface area contributed by atoms with E-state index in [-0.39, 0.29) is 0 Å². The van der Waals surface area contributed by atoms with Gasteiger partial charge >= 0.3 is 0 Å². The summed E-state index contributed by atoms with van der Waals surface area (Å²) in [5.41, 5.74) is 1.12. The first-order chi connectivity index (χ1) is 5.83. The molecule has 0 unspecified atom stereocenters. The molecule has 0 aliphatic carbocycles. The number of pyridine rings is 1. The van der Waals surface area contributed by atoms with Crippen molar-refractivity contribution in [2.75, 3.05) is 19.6 Å². The summed E-state index contributed by atoms with van der Waals surface area (Å²) < 4.78 is 0. The van der Waals surface area contributed by atoms with Crippen molar-refractivity contribution in [1.29, 1.82) is 0 Å². The lowest BCUT2D eigenvalue weighted by Gasteiger charge is -2.11. The molecule has 12 heavy (non-hydrogen) atoms. The van der Waals surface area contributed by atoms with Crippen LogP contribution in [0.1, 0.15) is 5.69 Å². The molecule has 1 heterocycles. The van der Waals surface area contributed by atoms with Gasteiger partial charge in [-0.2, -0.15) is 0 Å². The maximum absolute atomic E-state index is 5.62. The zero-order valence-electron chi connectivity index (χ0n) is 7.20. The van der Waals surface area contributed by atoms with E-state index in [1.54, 1.807) is 0 Å². The third-order valence-corrected chi connectivity index (χ3v) is 2.09. The summed E-state index contributed by atoms with van der Waals surface area (Å²) in [6.45, 7) is 0.959. The number of hydrogen-bond acceptors (Lipinski definition) is 2. The quantitative estimate of drug-likeness (QED) is 0.524. The summed E-state index contributed by atoms with van der Waals surface area (Å²) in [6, 6.07) is 6.53. The summed E-state index contributed by atoms with van der Waals surface area (Å²) >= 11 is 5.62. The second kappa shape index (κ2) is 5.12. The van der Waals surface area contributed by atoms with Gasteiger partial charge in [-0.15, -0.1) is 11.6 Å². The van der Waals surface area contributed by atoms with Crippen LogP contribution in [0, 0.1) is 0 Å². The number of hydrogen-bond donors (Lipinski definition) is 0. The van der Waals surface area contributed by atoms with Crippen LogP contribution >= 0.6 is 11.6 Å². The Balaban J connectivity index is 2.33. The maximum atomic E-state index is 5.62. The van der Waals surface area contributed by atoms with Crippen LogP contribution in [-0.2, 0) is 6.42 Å². The van der Waals surface area contributed by atoms with Gasteiger partial charge in [0.1, 0.15) is 0 Å². The van der Waals surface area contributed by atoms with Crippen LogP contribution in [0.2, 0.25) is 0 Å². The van der Waals surface area contributed by atoms with Crippen molar-refractivity contribution >= 4 is 11.6 Å². The first-order valence-electron chi connectivity index (χ1n) is 3.97. The molecule has 66 valence electrons. The summed E-state index contributed by atoms with van der Waals surface area (Å²) in [7, 11) is 2.00. The molecule has 0 atom stereocenters. The topological polar surface area (TPSA) is 16.1 Å². The molecule has 3 heteroatoms. The highest BCUT2D eigenvalue weighted by Gasteiger charge is 1.96. The molecule has 1 aromatic heterocycles. The van der Waals surface area contributed by atoms with Crippen molar-refractivity contribution in [2.24, 2.45) is 0 Å². The molecular weight excluding hydrogens is 172 g/mol. The third kappa shape index (κ3) is 3.20. The van der Waals surface area contributed by atoms with Gasteiger partial charge in [-0.1, -0.05) is 6.07 Å². The Morgan fingerprint density at radius 2 is 2.33 bits per heavy atom. The lowest BCUT2D eigenvalue weighted by molar-refractivity contribution is 0.392. The Bertz CT molecular complexity index is 213. The SMILES string of the molecule is CN(CCl)CCc1ccccn1. The zero-order valence-corrected chi connectivity index (χ0v) is 7.96. The summed E-state index contributed by atoms with van der Waals surface area (Å²) in [5, 5.41) is 0. The Morgan fingerprint density at radius 1 is 1.50 bits per heavy atom. The fraction of sp³-hybridized carbons (Fsp3) is 0.444. The second-order valence-electron chi connectivity index (χ2n) is 2.77. The minimum Gasteiger partial charge on any atom is -0.293 e. The average molecular weight is 185 g/mol. The zero-order chi connectivity index (χ0) is 8.81. The number of likely N-dealkylation sites (N-methyl/N-ethyl adjacent to an activating group) is 1. The van der Waals surface area contributed by atoms with E-state index in [2.05, 4.69) is 9.88 Å². The first kappa shape index (κ1) is 9.49. The predicted molar refractivity (Wildman–Crippen MR) is 51.3 cm³/mol.